The van der Waals surface area contributed by atoms with Crippen molar-refractivity contribution in [2.45, 2.75) is 26.3 Å². The molecule has 0 atom stereocenters. The molecule has 1 aromatic heterocycles. The van der Waals surface area contributed by atoms with E-state index in [2.05, 4.69) is 29.4 Å². The van der Waals surface area contributed by atoms with E-state index in [1.54, 1.807) is 7.11 Å². The lowest BCUT2D eigenvalue weighted by molar-refractivity contribution is 0.414. The lowest BCUT2D eigenvalue weighted by Gasteiger charge is -2.02. The summed E-state index contributed by atoms with van der Waals surface area (Å²) in [5, 5.41) is 8.15. The van der Waals surface area contributed by atoms with Crippen molar-refractivity contribution < 1.29 is 4.74 Å². The molecule has 1 heterocycles. The first kappa shape index (κ1) is 11.6. The molecule has 0 spiro atoms. The van der Waals surface area contributed by atoms with Crippen molar-refractivity contribution in [1.82, 2.24) is 15.0 Å². The summed E-state index contributed by atoms with van der Waals surface area (Å²) in [7, 11) is 1.69. The number of methoxy groups -OCH3 is 1. The summed E-state index contributed by atoms with van der Waals surface area (Å²) in [6, 6.07) is 8.13. The number of aryl methyl sites for hydroxylation is 3. The van der Waals surface area contributed by atoms with Crippen LogP contribution in [0.1, 0.15) is 18.2 Å². The normalized spacial score (nSPS) is 10.5. The van der Waals surface area contributed by atoms with Crippen molar-refractivity contribution >= 4 is 0 Å². The van der Waals surface area contributed by atoms with Gasteiger partial charge in [0.05, 0.1) is 12.8 Å². The highest BCUT2D eigenvalue weighted by Gasteiger charge is 2.01. The van der Waals surface area contributed by atoms with Crippen LogP contribution in [0.3, 0.4) is 0 Å². The van der Waals surface area contributed by atoms with Crippen LogP contribution in [0.15, 0.2) is 30.5 Å². The van der Waals surface area contributed by atoms with E-state index in [9.17, 15) is 0 Å². The molecule has 0 aliphatic rings. The van der Waals surface area contributed by atoms with Gasteiger partial charge in [-0.1, -0.05) is 17.3 Å². The molecule has 1 aromatic carbocycles. The number of benzene rings is 1. The molecule has 0 unspecified atom stereocenters. The summed E-state index contributed by atoms with van der Waals surface area (Å²) in [5.41, 5.74) is 2.30. The summed E-state index contributed by atoms with van der Waals surface area (Å²) < 4.78 is 7.04. The topological polar surface area (TPSA) is 39.9 Å². The van der Waals surface area contributed by atoms with Crippen LogP contribution in [0.2, 0.25) is 0 Å². The van der Waals surface area contributed by atoms with Gasteiger partial charge in [-0.2, -0.15) is 0 Å². The SMILES string of the molecule is CCn1cc(CCc2cccc(OC)c2)nn1. The van der Waals surface area contributed by atoms with Gasteiger partial charge in [0.25, 0.3) is 0 Å². The van der Waals surface area contributed by atoms with Gasteiger partial charge >= 0.3 is 0 Å². The highest BCUT2D eigenvalue weighted by Crippen LogP contribution is 2.14. The van der Waals surface area contributed by atoms with Crippen LogP contribution < -0.4 is 4.74 Å². The molecule has 0 N–H and O–H groups in total. The molecule has 4 heteroatoms. The molecule has 0 radical (unpaired) electrons. The number of ether oxygens (including phenoxy) is 1. The Hall–Kier alpha value is -1.84. The summed E-state index contributed by atoms with van der Waals surface area (Å²) >= 11 is 0. The molecule has 2 aromatic rings. The van der Waals surface area contributed by atoms with Crippen LogP contribution in [0.5, 0.6) is 5.75 Å². The standard InChI is InChI=1S/C13H17N3O/c1-3-16-10-12(14-15-16)8-7-11-5-4-6-13(9-11)17-2/h4-6,9-10H,3,7-8H2,1-2H3. The molecule has 0 aliphatic heterocycles. The maximum absolute atomic E-state index is 5.20. The second kappa shape index (κ2) is 5.48. The molecule has 2 rings (SSSR count). The van der Waals surface area contributed by atoms with Crippen molar-refractivity contribution in [3.63, 3.8) is 0 Å². The van der Waals surface area contributed by atoms with Gasteiger partial charge in [-0.15, -0.1) is 5.10 Å². The maximum Gasteiger partial charge on any atom is 0.119 e. The summed E-state index contributed by atoms with van der Waals surface area (Å²) in [6.07, 6.45) is 3.87. The van der Waals surface area contributed by atoms with E-state index in [4.69, 9.17) is 4.74 Å². The van der Waals surface area contributed by atoms with Gasteiger partial charge in [0.15, 0.2) is 0 Å². The third-order valence-corrected chi connectivity index (χ3v) is 2.71. The quantitative estimate of drug-likeness (QED) is 0.791. The van der Waals surface area contributed by atoms with Crippen molar-refractivity contribution in [3.8, 4) is 5.75 Å². The van der Waals surface area contributed by atoms with Crippen molar-refractivity contribution in [2.75, 3.05) is 7.11 Å². The molecular weight excluding hydrogens is 214 g/mol. The van der Waals surface area contributed by atoms with Gasteiger partial charge in [-0.05, 0) is 37.5 Å². The Morgan fingerprint density at radius 1 is 1.29 bits per heavy atom. The summed E-state index contributed by atoms with van der Waals surface area (Å²) in [5.74, 6) is 0.903. The number of rotatable bonds is 5. The van der Waals surface area contributed by atoms with E-state index in [-0.39, 0.29) is 0 Å². The van der Waals surface area contributed by atoms with Crippen LogP contribution in [0, 0.1) is 0 Å². The van der Waals surface area contributed by atoms with E-state index in [0.717, 1.165) is 30.8 Å². The lowest BCUT2D eigenvalue weighted by Crippen LogP contribution is -1.93. The number of nitrogens with zero attached hydrogens (tertiary/aromatic N) is 3. The minimum Gasteiger partial charge on any atom is -0.497 e. The maximum atomic E-state index is 5.20. The Morgan fingerprint density at radius 3 is 2.88 bits per heavy atom. The Labute approximate surface area is 101 Å². The van der Waals surface area contributed by atoms with E-state index in [1.165, 1.54) is 5.56 Å². The molecule has 0 bridgehead atoms. The molecule has 4 nitrogen and oxygen atoms in total. The predicted octanol–water partition coefficient (Wildman–Crippen LogP) is 2.09. The fourth-order valence-electron chi connectivity index (χ4n) is 1.71. The van der Waals surface area contributed by atoms with Crippen molar-refractivity contribution in [3.05, 3.63) is 41.7 Å². The Balaban J connectivity index is 1.96. The van der Waals surface area contributed by atoms with E-state index < -0.39 is 0 Å². The molecule has 0 saturated carbocycles. The predicted molar refractivity (Wildman–Crippen MR) is 66.1 cm³/mol. The van der Waals surface area contributed by atoms with Crippen molar-refractivity contribution in [2.24, 2.45) is 0 Å². The summed E-state index contributed by atoms with van der Waals surface area (Å²) in [4.78, 5) is 0. The van der Waals surface area contributed by atoms with Crippen LogP contribution >= 0.6 is 0 Å². The Morgan fingerprint density at radius 2 is 2.18 bits per heavy atom. The highest BCUT2D eigenvalue weighted by molar-refractivity contribution is 5.28. The third-order valence-electron chi connectivity index (χ3n) is 2.71. The molecule has 0 aliphatic carbocycles. The second-order valence-corrected chi connectivity index (χ2v) is 3.92. The average molecular weight is 231 g/mol. The molecule has 90 valence electrons. The number of aromatic nitrogens is 3. The number of hydrogen-bond acceptors (Lipinski definition) is 3. The van der Waals surface area contributed by atoms with Gasteiger partial charge in [0.2, 0.25) is 0 Å². The molecule has 0 saturated heterocycles. The fraction of sp³-hybridized carbons (Fsp3) is 0.385. The number of hydrogen-bond donors (Lipinski definition) is 0. The Kier molecular flexibility index (Phi) is 3.75. The highest BCUT2D eigenvalue weighted by atomic mass is 16.5. The molecular formula is C13H17N3O. The third kappa shape index (κ3) is 3.06. The zero-order valence-corrected chi connectivity index (χ0v) is 10.3. The first-order valence-electron chi connectivity index (χ1n) is 5.83. The van der Waals surface area contributed by atoms with Gasteiger partial charge in [-0.3, -0.25) is 4.68 Å². The fourth-order valence-corrected chi connectivity index (χ4v) is 1.71. The minimum absolute atomic E-state index is 0.867. The monoisotopic (exact) mass is 231 g/mol. The van der Waals surface area contributed by atoms with Gasteiger partial charge < -0.3 is 4.74 Å². The van der Waals surface area contributed by atoms with Gasteiger partial charge in [-0.25, -0.2) is 0 Å². The lowest BCUT2D eigenvalue weighted by atomic mass is 10.1. The van der Waals surface area contributed by atoms with E-state index in [0.29, 0.717) is 0 Å². The zero-order chi connectivity index (χ0) is 12.1. The van der Waals surface area contributed by atoms with Crippen LogP contribution in [-0.2, 0) is 19.4 Å². The van der Waals surface area contributed by atoms with E-state index >= 15 is 0 Å². The molecule has 0 amide bonds. The van der Waals surface area contributed by atoms with Crippen LogP contribution in [0.4, 0.5) is 0 Å². The van der Waals surface area contributed by atoms with Crippen LogP contribution in [-0.4, -0.2) is 22.1 Å². The van der Waals surface area contributed by atoms with Crippen molar-refractivity contribution in [1.29, 1.82) is 0 Å². The first-order valence-corrected chi connectivity index (χ1v) is 5.83. The average Bonchev–Trinajstić information content (AvgIpc) is 2.84. The smallest absolute Gasteiger partial charge is 0.119 e. The van der Waals surface area contributed by atoms with E-state index in [1.807, 2.05) is 23.0 Å². The minimum atomic E-state index is 0.867. The summed E-state index contributed by atoms with van der Waals surface area (Å²) in [6.45, 7) is 2.92. The van der Waals surface area contributed by atoms with Crippen LogP contribution in [0.25, 0.3) is 0 Å². The van der Waals surface area contributed by atoms with Gasteiger partial charge in [0, 0.05) is 12.7 Å². The molecule has 0 fully saturated rings. The van der Waals surface area contributed by atoms with Gasteiger partial charge in [0.1, 0.15) is 5.75 Å². The first-order chi connectivity index (χ1) is 8.31. The zero-order valence-electron chi connectivity index (χ0n) is 10.3. The second-order valence-electron chi connectivity index (χ2n) is 3.92. The Bertz CT molecular complexity index is 479. The molecule has 17 heavy (non-hydrogen) atoms. The largest absolute Gasteiger partial charge is 0.497 e.